The third-order valence-corrected chi connectivity index (χ3v) is 4.92. The predicted molar refractivity (Wildman–Crippen MR) is 123 cm³/mol. The Kier molecular flexibility index (Phi) is 10.0. The molecule has 0 aliphatic rings. The summed E-state index contributed by atoms with van der Waals surface area (Å²) in [6.07, 6.45) is -4.43. The number of hydrogen-bond donors (Lipinski definition) is 3. The summed E-state index contributed by atoms with van der Waals surface area (Å²) in [6, 6.07) is 11.0. The van der Waals surface area contributed by atoms with E-state index in [0.717, 1.165) is 11.1 Å². The van der Waals surface area contributed by atoms with E-state index >= 15 is 0 Å². The van der Waals surface area contributed by atoms with E-state index in [1.807, 2.05) is 0 Å². The van der Waals surface area contributed by atoms with E-state index in [1.54, 1.807) is 44.3 Å². The minimum absolute atomic E-state index is 0. The van der Waals surface area contributed by atoms with Gasteiger partial charge in [0, 0.05) is 25.7 Å². The Hall–Kier alpha value is -2.06. The van der Waals surface area contributed by atoms with Crippen LogP contribution in [0.15, 0.2) is 52.4 Å². The lowest BCUT2D eigenvalue weighted by Crippen LogP contribution is -2.36. The quantitative estimate of drug-likeness (QED) is 0.269. The molecular weight excluding hydrogens is 548 g/mol. The Balaban J connectivity index is 0.00000480. The van der Waals surface area contributed by atoms with Gasteiger partial charge in [-0.05, 0) is 36.2 Å². The van der Waals surface area contributed by atoms with Crippen molar-refractivity contribution < 1.29 is 26.3 Å². The minimum atomic E-state index is -4.43. The molecule has 4 N–H and O–H groups in total. The van der Waals surface area contributed by atoms with Crippen molar-refractivity contribution in [2.75, 3.05) is 13.7 Å². The molecule has 0 amide bonds. The van der Waals surface area contributed by atoms with Crippen LogP contribution in [-0.2, 0) is 23.1 Å². The summed E-state index contributed by atoms with van der Waals surface area (Å²) in [7, 11) is -2.20. The van der Waals surface area contributed by atoms with Crippen LogP contribution < -0.4 is 20.5 Å². The first-order chi connectivity index (χ1) is 14.0. The zero-order valence-corrected chi connectivity index (χ0v) is 20.0. The van der Waals surface area contributed by atoms with Gasteiger partial charge in [0.1, 0.15) is 5.75 Å². The van der Waals surface area contributed by atoms with Gasteiger partial charge in [-0.2, -0.15) is 13.2 Å². The van der Waals surface area contributed by atoms with E-state index in [9.17, 15) is 21.6 Å². The smallest absolute Gasteiger partial charge is 0.422 e. The van der Waals surface area contributed by atoms with Crippen molar-refractivity contribution in [3.8, 4) is 5.75 Å². The second-order valence-corrected chi connectivity index (χ2v) is 8.04. The zero-order chi connectivity index (χ0) is 22.4. The van der Waals surface area contributed by atoms with E-state index in [-0.39, 0.29) is 41.2 Å². The molecule has 12 heteroatoms. The summed E-state index contributed by atoms with van der Waals surface area (Å²) < 4.78 is 65.0. The first-order valence-corrected chi connectivity index (χ1v) is 10.4. The van der Waals surface area contributed by atoms with Gasteiger partial charge in [0.05, 0.1) is 4.90 Å². The number of guanidine groups is 1. The number of hydrogen-bond acceptors (Lipinski definition) is 4. The number of nitrogens with two attached hydrogens (primary N) is 1. The molecule has 0 bridgehead atoms. The molecule has 31 heavy (non-hydrogen) atoms. The number of rotatable bonds is 7. The highest BCUT2D eigenvalue weighted by Gasteiger charge is 2.28. The van der Waals surface area contributed by atoms with Gasteiger partial charge in [-0.25, -0.2) is 13.6 Å². The van der Waals surface area contributed by atoms with Crippen LogP contribution in [0.5, 0.6) is 5.75 Å². The number of alkyl halides is 3. The highest BCUT2D eigenvalue weighted by atomic mass is 127. The topological polar surface area (TPSA) is 106 Å². The maximum Gasteiger partial charge on any atom is 0.422 e. The predicted octanol–water partition coefficient (Wildman–Crippen LogP) is 3.07. The van der Waals surface area contributed by atoms with Crippen LogP contribution in [0.1, 0.15) is 16.7 Å². The molecule has 0 saturated carbocycles. The molecule has 0 aliphatic carbocycles. The summed E-state index contributed by atoms with van der Waals surface area (Å²) in [5.74, 6) is 0.557. The lowest BCUT2D eigenvalue weighted by molar-refractivity contribution is -0.153. The van der Waals surface area contributed by atoms with Crippen molar-refractivity contribution in [3.05, 3.63) is 59.2 Å². The molecule has 0 heterocycles. The van der Waals surface area contributed by atoms with Crippen LogP contribution in [0, 0.1) is 6.92 Å². The molecular formula is C19H24F3IN4O3S. The van der Waals surface area contributed by atoms with Gasteiger partial charge < -0.3 is 15.4 Å². The van der Waals surface area contributed by atoms with Crippen LogP contribution in [-0.4, -0.2) is 34.2 Å². The second kappa shape index (κ2) is 11.5. The number of benzene rings is 2. The van der Waals surface area contributed by atoms with Gasteiger partial charge >= 0.3 is 6.18 Å². The average Bonchev–Trinajstić information content (AvgIpc) is 2.66. The molecule has 0 aliphatic heterocycles. The SMILES string of the molecule is CN=C(NCc1ccc(S(N)(=O)=O)cc1)NCc1ccc(C)cc1OCC(F)(F)F.I. The number of halogens is 4. The molecule has 0 aromatic heterocycles. The summed E-state index contributed by atoms with van der Waals surface area (Å²) in [6.45, 7) is 0.928. The van der Waals surface area contributed by atoms with Crippen molar-refractivity contribution in [1.82, 2.24) is 10.6 Å². The number of nitrogens with one attached hydrogen (secondary N) is 2. The monoisotopic (exact) mass is 572 g/mol. The van der Waals surface area contributed by atoms with Crippen LogP contribution >= 0.6 is 24.0 Å². The number of ether oxygens (including phenoxy) is 1. The fraction of sp³-hybridized carbons (Fsp3) is 0.316. The molecule has 2 aromatic rings. The summed E-state index contributed by atoms with van der Waals surface area (Å²) in [4.78, 5) is 4.08. The van der Waals surface area contributed by atoms with E-state index in [1.165, 1.54) is 12.1 Å². The van der Waals surface area contributed by atoms with Crippen LogP contribution in [0.4, 0.5) is 13.2 Å². The van der Waals surface area contributed by atoms with Crippen LogP contribution in [0.3, 0.4) is 0 Å². The van der Waals surface area contributed by atoms with Crippen molar-refractivity contribution >= 4 is 40.0 Å². The lowest BCUT2D eigenvalue weighted by Gasteiger charge is -2.16. The summed E-state index contributed by atoms with van der Waals surface area (Å²) in [5, 5.41) is 11.1. The molecule has 2 rings (SSSR count). The molecule has 0 fully saturated rings. The van der Waals surface area contributed by atoms with Gasteiger partial charge in [-0.3, -0.25) is 4.99 Å². The first kappa shape index (κ1) is 27.0. The van der Waals surface area contributed by atoms with Crippen molar-refractivity contribution in [2.45, 2.75) is 31.1 Å². The molecule has 0 saturated heterocycles. The number of aryl methyl sites for hydroxylation is 1. The summed E-state index contributed by atoms with van der Waals surface area (Å²) in [5.41, 5.74) is 2.11. The van der Waals surface area contributed by atoms with Crippen LogP contribution in [0.2, 0.25) is 0 Å². The van der Waals surface area contributed by atoms with Gasteiger partial charge in [-0.15, -0.1) is 24.0 Å². The van der Waals surface area contributed by atoms with Gasteiger partial charge in [0.2, 0.25) is 10.0 Å². The standard InChI is InChI=1S/C19H23F3N4O3S.HI/c1-13-3-6-15(17(9-13)29-12-19(20,21)22)11-26-18(24-2)25-10-14-4-7-16(8-5-14)30(23,27)28;/h3-9H,10-12H2,1-2H3,(H2,23,27,28)(H2,24,25,26);1H. The normalized spacial score (nSPS) is 12.1. The first-order valence-electron chi connectivity index (χ1n) is 8.83. The Morgan fingerprint density at radius 2 is 1.71 bits per heavy atom. The highest BCUT2D eigenvalue weighted by molar-refractivity contribution is 14.0. The molecule has 0 unspecified atom stereocenters. The largest absolute Gasteiger partial charge is 0.484 e. The van der Waals surface area contributed by atoms with E-state index in [2.05, 4.69) is 15.6 Å². The lowest BCUT2D eigenvalue weighted by atomic mass is 10.1. The molecule has 7 nitrogen and oxygen atoms in total. The number of aliphatic imine (C=N–C) groups is 1. The number of nitrogens with zero attached hydrogens (tertiary/aromatic N) is 1. The highest BCUT2D eigenvalue weighted by Crippen LogP contribution is 2.23. The van der Waals surface area contributed by atoms with E-state index in [0.29, 0.717) is 18.1 Å². The number of primary sulfonamides is 1. The average molecular weight is 572 g/mol. The Bertz CT molecular complexity index is 997. The van der Waals surface area contributed by atoms with Gasteiger partial charge in [0.25, 0.3) is 0 Å². The Morgan fingerprint density at radius 1 is 1.10 bits per heavy atom. The Labute approximate surface area is 196 Å². The fourth-order valence-electron chi connectivity index (χ4n) is 2.48. The molecule has 2 aromatic carbocycles. The molecule has 0 radical (unpaired) electrons. The minimum Gasteiger partial charge on any atom is -0.484 e. The van der Waals surface area contributed by atoms with E-state index in [4.69, 9.17) is 9.88 Å². The Morgan fingerprint density at radius 3 is 2.26 bits per heavy atom. The van der Waals surface area contributed by atoms with E-state index < -0.39 is 22.8 Å². The van der Waals surface area contributed by atoms with Crippen LogP contribution in [0.25, 0.3) is 0 Å². The zero-order valence-electron chi connectivity index (χ0n) is 16.9. The maximum absolute atomic E-state index is 12.5. The number of sulfonamides is 1. The molecule has 0 atom stereocenters. The van der Waals surface area contributed by atoms with Crippen molar-refractivity contribution in [2.24, 2.45) is 10.1 Å². The van der Waals surface area contributed by atoms with Gasteiger partial charge in [0.15, 0.2) is 12.6 Å². The summed E-state index contributed by atoms with van der Waals surface area (Å²) >= 11 is 0. The van der Waals surface area contributed by atoms with Crippen molar-refractivity contribution in [1.29, 1.82) is 0 Å². The van der Waals surface area contributed by atoms with Gasteiger partial charge in [-0.1, -0.05) is 24.3 Å². The fourth-order valence-corrected chi connectivity index (χ4v) is 3.00. The molecule has 0 spiro atoms. The maximum atomic E-state index is 12.5. The third-order valence-electron chi connectivity index (χ3n) is 4.00. The van der Waals surface area contributed by atoms with Crippen molar-refractivity contribution in [3.63, 3.8) is 0 Å². The second-order valence-electron chi connectivity index (χ2n) is 6.48. The molecule has 172 valence electrons. The third kappa shape index (κ3) is 9.31.